The normalized spacial score (nSPS) is 22.2. The van der Waals surface area contributed by atoms with Gasteiger partial charge in [-0.1, -0.05) is 13.8 Å². The van der Waals surface area contributed by atoms with Crippen LogP contribution in [0.25, 0.3) is 0 Å². The highest BCUT2D eigenvalue weighted by atomic mass is 16.5. The van der Waals surface area contributed by atoms with Crippen molar-refractivity contribution in [2.45, 2.75) is 32.8 Å². The van der Waals surface area contributed by atoms with Crippen molar-refractivity contribution in [2.24, 2.45) is 5.41 Å². The first-order valence-electron chi connectivity index (χ1n) is 6.89. The Kier molecular flexibility index (Phi) is 4.28. The van der Waals surface area contributed by atoms with Crippen LogP contribution >= 0.6 is 0 Å². The topological polar surface area (TPSA) is 62.7 Å². The highest BCUT2D eigenvalue weighted by molar-refractivity contribution is 5.92. The van der Waals surface area contributed by atoms with Crippen molar-refractivity contribution in [1.29, 1.82) is 0 Å². The van der Waals surface area contributed by atoms with Crippen molar-refractivity contribution in [3.05, 3.63) is 24.0 Å². The van der Waals surface area contributed by atoms with Gasteiger partial charge in [-0.15, -0.1) is 0 Å². The molecule has 0 spiro atoms. The molecule has 0 aliphatic carbocycles. The molecule has 0 saturated carbocycles. The Morgan fingerprint density at radius 1 is 1.55 bits per heavy atom. The van der Waals surface area contributed by atoms with Crippen LogP contribution < -0.4 is 4.74 Å². The second-order valence-corrected chi connectivity index (χ2v) is 6.12. The lowest BCUT2D eigenvalue weighted by Crippen LogP contribution is -2.38. The predicted octanol–water partition coefficient (Wildman–Crippen LogP) is 1.71. The zero-order chi connectivity index (χ0) is 14.8. The summed E-state index contributed by atoms with van der Waals surface area (Å²) in [5.41, 5.74) is 0.293. The number of methoxy groups -OCH3 is 1. The van der Waals surface area contributed by atoms with Crippen LogP contribution in [0, 0.1) is 5.41 Å². The summed E-state index contributed by atoms with van der Waals surface area (Å²) in [5, 5.41) is 9.90. The molecule has 1 atom stereocenters. The Labute approximate surface area is 119 Å². The van der Waals surface area contributed by atoms with E-state index in [1.807, 2.05) is 0 Å². The Morgan fingerprint density at radius 2 is 2.30 bits per heavy atom. The summed E-state index contributed by atoms with van der Waals surface area (Å²) in [7, 11) is 1.56. The number of likely N-dealkylation sites (tertiary alicyclic amines) is 1. The maximum absolute atomic E-state index is 12.5. The van der Waals surface area contributed by atoms with Crippen molar-refractivity contribution in [3.63, 3.8) is 0 Å². The Balaban J connectivity index is 2.18. The van der Waals surface area contributed by atoms with Gasteiger partial charge in [-0.2, -0.15) is 0 Å². The molecule has 1 saturated heterocycles. The molecule has 1 amide bonds. The number of ether oxygens (including phenoxy) is 1. The van der Waals surface area contributed by atoms with Crippen molar-refractivity contribution in [3.8, 4) is 5.75 Å². The first-order valence-corrected chi connectivity index (χ1v) is 6.89. The van der Waals surface area contributed by atoms with Crippen LogP contribution in [0.3, 0.4) is 0 Å². The molecule has 5 nitrogen and oxygen atoms in total. The number of nitrogens with zero attached hydrogens (tertiary/aromatic N) is 2. The van der Waals surface area contributed by atoms with E-state index in [0.717, 1.165) is 0 Å². The Hall–Kier alpha value is -1.62. The Bertz CT molecular complexity index is 488. The van der Waals surface area contributed by atoms with Gasteiger partial charge in [-0.05, 0) is 24.3 Å². The monoisotopic (exact) mass is 278 g/mol. The molecule has 20 heavy (non-hydrogen) atoms. The fraction of sp³-hybridized carbons (Fsp3) is 0.600. The summed E-state index contributed by atoms with van der Waals surface area (Å²) in [4.78, 5) is 18.4. The SMILES string of the molecule is COc1ccnc(C(=O)N2CCC(O)CC(C)(C)C2)c1. The minimum Gasteiger partial charge on any atom is -0.497 e. The van der Waals surface area contributed by atoms with Gasteiger partial charge in [-0.25, -0.2) is 0 Å². The molecule has 1 aromatic rings. The maximum atomic E-state index is 12.5. The quantitative estimate of drug-likeness (QED) is 0.894. The van der Waals surface area contributed by atoms with Gasteiger partial charge in [0.2, 0.25) is 0 Å². The first kappa shape index (κ1) is 14.8. The number of aliphatic hydroxyl groups excluding tert-OH is 1. The van der Waals surface area contributed by atoms with E-state index in [9.17, 15) is 9.90 Å². The number of hydrogen-bond donors (Lipinski definition) is 1. The molecule has 0 bridgehead atoms. The number of pyridine rings is 1. The van der Waals surface area contributed by atoms with Gasteiger partial charge >= 0.3 is 0 Å². The molecule has 1 unspecified atom stereocenters. The molecular weight excluding hydrogens is 256 g/mol. The fourth-order valence-corrected chi connectivity index (χ4v) is 2.70. The smallest absolute Gasteiger partial charge is 0.272 e. The van der Waals surface area contributed by atoms with Crippen molar-refractivity contribution >= 4 is 5.91 Å². The third kappa shape index (κ3) is 3.48. The maximum Gasteiger partial charge on any atom is 0.272 e. The van der Waals surface area contributed by atoms with Gasteiger partial charge in [-0.3, -0.25) is 9.78 Å². The number of aliphatic hydroxyl groups is 1. The van der Waals surface area contributed by atoms with Crippen molar-refractivity contribution < 1.29 is 14.6 Å². The average Bonchev–Trinajstić information content (AvgIpc) is 2.55. The summed E-state index contributed by atoms with van der Waals surface area (Å²) in [6.45, 7) is 5.33. The number of carbonyl (C=O) groups is 1. The van der Waals surface area contributed by atoms with Crippen LogP contribution in [0.5, 0.6) is 5.75 Å². The van der Waals surface area contributed by atoms with E-state index < -0.39 is 0 Å². The standard InChI is InChI=1S/C15H22N2O3/c1-15(2)9-11(18)5-7-17(10-15)14(19)13-8-12(20-3)4-6-16-13/h4,6,8,11,18H,5,7,9-10H2,1-3H3. The van der Waals surface area contributed by atoms with Crippen LogP contribution in [-0.4, -0.2) is 47.2 Å². The third-order valence-electron chi connectivity index (χ3n) is 3.61. The highest BCUT2D eigenvalue weighted by Crippen LogP contribution is 2.29. The van der Waals surface area contributed by atoms with Crippen LogP contribution in [0.4, 0.5) is 0 Å². The predicted molar refractivity (Wildman–Crippen MR) is 75.7 cm³/mol. The number of aromatic nitrogens is 1. The van der Waals surface area contributed by atoms with Gasteiger partial charge in [0, 0.05) is 25.4 Å². The summed E-state index contributed by atoms with van der Waals surface area (Å²) >= 11 is 0. The van der Waals surface area contributed by atoms with E-state index in [2.05, 4.69) is 18.8 Å². The minimum atomic E-state index is -0.346. The number of amides is 1. The molecule has 1 aliphatic rings. The fourth-order valence-electron chi connectivity index (χ4n) is 2.70. The molecule has 110 valence electrons. The van der Waals surface area contributed by atoms with Gasteiger partial charge < -0.3 is 14.7 Å². The molecule has 1 aromatic heterocycles. The molecule has 2 rings (SSSR count). The summed E-state index contributed by atoms with van der Waals surface area (Å²) < 4.78 is 5.12. The Morgan fingerprint density at radius 3 is 3.00 bits per heavy atom. The van der Waals surface area contributed by atoms with Crippen LogP contribution in [-0.2, 0) is 0 Å². The number of carbonyl (C=O) groups excluding carboxylic acids is 1. The van der Waals surface area contributed by atoms with E-state index in [1.165, 1.54) is 0 Å². The zero-order valence-corrected chi connectivity index (χ0v) is 12.3. The molecule has 2 heterocycles. The van der Waals surface area contributed by atoms with E-state index in [4.69, 9.17) is 4.74 Å². The molecule has 5 heteroatoms. The van der Waals surface area contributed by atoms with Crippen molar-refractivity contribution in [2.75, 3.05) is 20.2 Å². The second-order valence-electron chi connectivity index (χ2n) is 6.12. The van der Waals surface area contributed by atoms with Gasteiger partial charge in [0.25, 0.3) is 5.91 Å². The molecule has 1 fully saturated rings. The second kappa shape index (κ2) is 5.79. The molecule has 0 aromatic carbocycles. The van der Waals surface area contributed by atoms with Crippen LogP contribution in [0.15, 0.2) is 18.3 Å². The number of rotatable bonds is 2. The lowest BCUT2D eigenvalue weighted by molar-refractivity contribution is 0.0698. The lowest BCUT2D eigenvalue weighted by atomic mass is 9.87. The largest absolute Gasteiger partial charge is 0.497 e. The van der Waals surface area contributed by atoms with E-state index in [0.29, 0.717) is 37.4 Å². The molecular formula is C15H22N2O3. The van der Waals surface area contributed by atoms with E-state index in [1.54, 1.807) is 30.3 Å². The summed E-state index contributed by atoms with van der Waals surface area (Å²) in [6, 6.07) is 3.36. The summed E-state index contributed by atoms with van der Waals surface area (Å²) in [6.07, 6.45) is 2.55. The van der Waals surface area contributed by atoms with Crippen molar-refractivity contribution in [1.82, 2.24) is 9.88 Å². The van der Waals surface area contributed by atoms with Gasteiger partial charge in [0.15, 0.2) is 0 Å². The zero-order valence-electron chi connectivity index (χ0n) is 12.3. The van der Waals surface area contributed by atoms with Gasteiger partial charge in [0.05, 0.1) is 13.2 Å². The van der Waals surface area contributed by atoms with E-state index >= 15 is 0 Å². The summed E-state index contributed by atoms with van der Waals surface area (Å²) in [5.74, 6) is 0.517. The molecule has 1 aliphatic heterocycles. The molecule has 0 radical (unpaired) electrons. The number of hydrogen-bond acceptors (Lipinski definition) is 4. The van der Waals surface area contributed by atoms with Crippen LogP contribution in [0.1, 0.15) is 37.2 Å². The van der Waals surface area contributed by atoms with Crippen LogP contribution in [0.2, 0.25) is 0 Å². The lowest BCUT2D eigenvalue weighted by Gasteiger charge is -2.29. The average molecular weight is 278 g/mol. The minimum absolute atomic E-state index is 0.0928. The highest BCUT2D eigenvalue weighted by Gasteiger charge is 2.32. The van der Waals surface area contributed by atoms with Gasteiger partial charge in [0.1, 0.15) is 11.4 Å². The van der Waals surface area contributed by atoms with E-state index in [-0.39, 0.29) is 17.4 Å². The molecule has 1 N–H and O–H groups in total. The first-order chi connectivity index (χ1) is 9.41. The third-order valence-corrected chi connectivity index (χ3v) is 3.61.